The predicted molar refractivity (Wildman–Crippen MR) is 72.4 cm³/mol. The second-order valence-corrected chi connectivity index (χ2v) is 5.14. The lowest BCUT2D eigenvalue weighted by atomic mass is 9.96. The number of halogens is 2. The Kier molecular flexibility index (Phi) is 3.27. The van der Waals surface area contributed by atoms with Gasteiger partial charge in [-0.1, -0.05) is 35.9 Å². The van der Waals surface area contributed by atoms with Crippen molar-refractivity contribution in [1.29, 1.82) is 0 Å². The van der Waals surface area contributed by atoms with E-state index in [0.29, 0.717) is 17.1 Å². The van der Waals surface area contributed by atoms with Gasteiger partial charge in [-0.25, -0.2) is 4.39 Å². The molecule has 4 heteroatoms. The molecule has 19 heavy (non-hydrogen) atoms. The molecule has 0 fully saturated rings. The zero-order valence-corrected chi connectivity index (χ0v) is 10.9. The summed E-state index contributed by atoms with van der Waals surface area (Å²) in [6.45, 7) is 0.709. The minimum atomic E-state index is -0.822. The smallest absolute Gasteiger partial charge is 0.125 e. The van der Waals surface area contributed by atoms with Crippen LogP contribution in [0, 0.1) is 5.82 Å². The first-order chi connectivity index (χ1) is 9.15. The fraction of sp³-hybridized carbons (Fsp3) is 0.200. The maximum atomic E-state index is 13.4. The van der Waals surface area contributed by atoms with Crippen molar-refractivity contribution in [3.8, 4) is 0 Å². The van der Waals surface area contributed by atoms with Crippen molar-refractivity contribution in [3.63, 3.8) is 0 Å². The molecule has 2 aromatic rings. The Morgan fingerprint density at radius 3 is 2.84 bits per heavy atom. The topological polar surface area (TPSA) is 32.3 Å². The van der Waals surface area contributed by atoms with Gasteiger partial charge in [0.05, 0.1) is 12.1 Å². The van der Waals surface area contributed by atoms with Gasteiger partial charge >= 0.3 is 0 Å². The lowest BCUT2D eigenvalue weighted by Crippen LogP contribution is -2.20. The van der Waals surface area contributed by atoms with Gasteiger partial charge in [0.25, 0.3) is 0 Å². The highest BCUT2D eigenvalue weighted by molar-refractivity contribution is 6.30. The van der Waals surface area contributed by atoms with Crippen LogP contribution in [0.5, 0.6) is 0 Å². The van der Waals surface area contributed by atoms with Gasteiger partial charge in [0.1, 0.15) is 5.82 Å². The van der Waals surface area contributed by atoms with Crippen molar-refractivity contribution in [2.45, 2.75) is 18.7 Å². The minimum absolute atomic E-state index is 0.228. The Bertz CT molecular complexity index is 597. The maximum absolute atomic E-state index is 13.4. The molecular weight excluding hydrogens is 265 g/mol. The highest BCUT2D eigenvalue weighted by Gasteiger charge is 2.29. The fourth-order valence-corrected chi connectivity index (χ4v) is 2.78. The number of aliphatic hydroxyl groups is 1. The Hall–Kier alpha value is -1.42. The van der Waals surface area contributed by atoms with Gasteiger partial charge in [0.15, 0.2) is 0 Å². The summed E-state index contributed by atoms with van der Waals surface area (Å²) in [4.78, 5) is 0. The van der Waals surface area contributed by atoms with E-state index in [1.807, 2.05) is 24.3 Å². The van der Waals surface area contributed by atoms with Crippen LogP contribution >= 0.6 is 11.6 Å². The van der Waals surface area contributed by atoms with Gasteiger partial charge in [-0.3, -0.25) is 0 Å². The van der Waals surface area contributed by atoms with Crippen molar-refractivity contribution < 1.29 is 9.50 Å². The number of nitrogens with one attached hydrogen (secondary N) is 1. The van der Waals surface area contributed by atoms with Gasteiger partial charge in [-0.2, -0.15) is 0 Å². The molecule has 0 amide bonds. The summed E-state index contributed by atoms with van der Waals surface area (Å²) in [5.41, 5.74) is 2.70. The van der Waals surface area contributed by atoms with Crippen LogP contribution in [0.25, 0.3) is 0 Å². The van der Waals surface area contributed by atoms with Gasteiger partial charge in [0, 0.05) is 11.6 Å². The van der Waals surface area contributed by atoms with Crippen LogP contribution in [0.2, 0.25) is 5.02 Å². The molecular formula is C15H13ClFNO. The van der Waals surface area contributed by atoms with E-state index in [0.717, 1.165) is 11.1 Å². The van der Waals surface area contributed by atoms with Crippen molar-refractivity contribution in [3.05, 3.63) is 70.0 Å². The third kappa shape index (κ3) is 2.37. The van der Waals surface area contributed by atoms with Gasteiger partial charge in [-0.15, -0.1) is 0 Å². The number of rotatable bonds is 2. The van der Waals surface area contributed by atoms with E-state index < -0.39 is 11.9 Å². The number of fused-ring (bicyclic) bond motifs is 1. The third-order valence-corrected chi connectivity index (χ3v) is 3.66. The lowest BCUT2D eigenvalue weighted by molar-refractivity contribution is 0.133. The Morgan fingerprint density at radius 1 is 1.26 bits per heavy atom. The highest BCUT2D eigenvalue weighted by atomic mass is 35.5. The summed E-state index contributed by atoms with van der Waals surface area (Å²) < 4.78 is 13.4. The number of benzene rings is 2. The van der Waals surface area contributed by atoms with E-state index in [2.05, 4.69) is 5.32 Å². The molecule has 2 N–H and O–H groups in total. The molecule has 0 aromatic heterocycles. The average Bonchev–Trinajstić information content (AvgIpc) is 2.80. The Balaban J connectivity index is 1.95. The standard InChI is InChI=1S/C15H13ClFNO/c16-11-5-10(6-12(17)7-11)15(19)14-13-4-2-1-3-9(13)8-18-14/h1-7,14-15,18-19H,8H2. The van der Waals surface area contributed by atoms with E-state index in [1.54, 1.807) is 6.07 Å². The maximum Gasteiger partial charge on any atom is 0.125 e. The van der Waals surface area contributed by atoms with Crippen molar-refractivity contribution in [2.75, 3.05) is 0 Å². The quantitative estimate of drug-likeness (QED) is 0.882. The predicted octanol–water partition coefficient (Wildman–Crippen LogP) is 3.36. The zero-order valence-electron chi connectivity index (χ0n) is 10.1. The zero-order chi connectivity index (χ0) is 13.4. The van der Waals surface area contributed by atoms with E-state index in [1.165, 1.54) is 12.1 Å². The summed E-state index contributed by atoms with van der Waals surface area (Å²) in [6.07, 6.45) is -0.822. The van der Waals surface area contributed by atoms with Crippen LogP contribution in [0.4, 0.5) is 4.39 Å². The van der Waals surface area contributed by atoms with Gasteiger partial charge in [0.2, 0.25) is 0 Å². The largest absolute Gasteiger partial charge is 0.386 e. The first kappa shape index (κ1) is 12.6. The molecule has 1 heterocycles. The molecule has 2 aromatic carbocycles. The number of hydrogen-bond acceptors (Lipinski definition) is 2. The van der Waals surface area contributed by atoms with Crippen LogP contribution in [-0.4, -0.2) is 5.11 Å². The monoisotopic (exact) mass is 277 g/mol. The number of aliphatic hydroxyl groups excluding tert-OH is 1. The van der Waals surface area contributed by atoms with E-state index in [4.69, 9.17) is 11.6 Å². The summed E-state index contributed by atoms with van der Waals surface area (Å²) in [7, 11) is 0. The Morgan fingerprint density at radius 2 is 2.05 bits per heavy atom. The fourth-order valence-electron chi connectivity index (χ4n) is 2.55. The molecule has 0 spiro atoms. The molecule has 2 unspecified atom stereocenters. The van der Waals surface area contributed by atoms with Crippen molar-refractivity contribution >= 4 is 11.6 Å². The molecule has 0 radical (unpaired) electrons. The molecule has 2 nitrogen and oxygen atoms in total. The molecule has 0 saturated carbocycles. The molecule has 98 valence electrons. The van der Waals surface area contributed by atoms with Crippen molar-refractivity contribution in [2.24, 2.45) is 0 Å². The van der Waals surface area contributed by atoms with Crippen LogP contribution in [0.1, 0.15) is 28.8 Å². The Labute approximate surface area is 115 Å². The van der Waals surface area contributed by atoms with E-state index in [-0.39, 0.29) is 6.04 Å². The lowest BCUT2D eigenvalue weighted by Gasteiger charge is -2.20. The van der Waals surface area contributed by atoms with Crippen LogP contribution in [0.15, 0.2) is 42.5 Å². The normalized spacial score (nSPS) is 19.2. The van der Waals surface area contributed by atoms with Gasteiger partial charge < -0.3 is 10.4 Å². The second-order valence-electron chi connectivity index (χ2n) is 4.71. The summed E-state index contributed by atoms with van der Waals surface area (Å²) in [5.74, 6) is -0.437. The van der Waals surface area contributed by atoms with E-state index >= 15 is 0 Å². The van der Waals surface area contributed by atoms with Crippen LogP contribution < -0.4 is 5.32 Å². The first-order valence-electron chi connectivity index (χ1n) is 6.10. The van der Waals surface area contributed by atoms with Gasteiger partial charge in [-0.05, 0) is 34.9 Å². The number of hydrogen-bond donors (Lipinski definition) is 2. The third-order valence-electron chi connectivity index (χ3n) is 3.44. The van der Waals surface area contributed by atoms with Crippen LogP contribution in [0.3, 0.4) is 0 Å². The van der Waals surface area contributed by atoms with Crippen LogP contribution in [-0.2, 0) is 6.54 Å². The average molecular weight is 278 g/mol. The molecule has 0 bridgehead atoms. The molecule has 1 aliphatic heterocycles. The highest BCUT2D eigenvalue weighted by Crippen LogP contribution is 2.35. The SMILES string of the molecule is OC(c1cc(F)cc(Cl)c1)C1NCc2ccccc21. The molecule has 0 aliphatic carbocycles. The molecule has 1 aliphatic rings. The summed E-state index contributed by atoms with van der Waals surface area (Å²) in [5, 5.41) is 14.0. The minimum Gasteiger partial charge on any atom is -0.386 e. The van der Waals surface area contributed by atoms with Crippen molar-refractivity contribution in [1.82, 2.24) is 5.32 Å². The molecule has 0 saturated heterocycles. The van der Waals surface area contributed by atoms with E-state index in [9.17, 15) is 9.50 Å². The molecule has 3 rings (SSSR count). The molecule has 2 atom stereocenters. The summed E-state index contributed by atoms with van der Waals surface area (Å²) >= 11 is 5.83. The first-order valence-corrected chi connectivity index (χ1v) is 6.48. The summed E-state index contributed by atoms with van der Waals surface area (Å²) in [6, 6.07) is 11.8. The second kappa shape index (κ2) is 4.93.